The second-order valence-corrected chi connectivity index (χ2v) is 6.54. The van der Waals surface area contributed by atoms with Crippen molar-refractivity contribution in [2.24, 2.45) is 0 Å². The molecule has 0 radical (unpaired) electrons. The monoisotopic (exact) mass is 345 g/mol. The van der Waals surface area contributed by atoms with Crippen molar-refractivity contribution in [1.29, 1.82) is 0 Å². The van der Waals surface area contributed by atoms with Gasteiger partial charge in [0.15, 0.2) is 5.65 Å². The number of hydrogen-bond donors (Lipinski definition) is 2. The normalized spacial score (nSPS) is 12.2. The number of nitrogens with zero attached hydrogens (tertiary/aromatic N) is 3. The quantitative estimate of drug-likeness (QED) is 0.529. The molecule has 0 unspecified atom stereocenters. The molecular weight excluding hydrogens is 329 g/mol. The van der Waals surface area contributed by atoms with Gasteiger partial charge in [0.1, 0.15) is 22.7 Å². The lowest BCUT2D eigenvalue weighted by atomic mass is 10.1. The molecule has 24 heavy (non-hydrogen) atoms. The second-order valence-electron chi connectivity index (χ2n) is 5.21. The van der Waals surface area contributed by atoms with Crippen LogP contribution in [0.15, 0.2) is 41.9 Å². The molecule has 3 rings (SSSR count). The number of H-pyrrole nitrogens is 1. The topological polar surface area (TPSA) is 83.6 Å². The number of fused-ring (bicyclic) bond motifs is 1. The molecule has 0 fully saturated rings. The largest absolute Gasteiger partial charge is 0.355 e. The fraction of sp³-hybridized carbons (Fsp3) is 0.250. The number of aromatic amines is 1. The Kier molecular flexibility index (Phi) is 5.05. The summed E-state index contributed by atoms with van der Waals surface area (Å²) in [5, 5.41) is 3.27. The van der Waals surface area contributed by atoms with E-state index in [9.17, 15) is 9.18 Å². The molecule has 0 saturated carbocycles. The number of benzene rings is 1. The van der Waals surface area contributed by atoms with Gasteiger partial charge in [0.05, 0.1) is 11.6 Å². The number of aromatic nitrogens is 4. The van der Waals surface area contributed by atoms with Gasteiger partial charge < -0.3 is 10.3 Å². The number of amides is 1. The van der Waals surface area contributed by atoms with Gasteiger partial charge in [-0.15, -0.1) is 0 Å². The highest BCUT2D eigenvalue weighted by molar-refractivity contribution is 8.00. The third-order valence-corrected chi connectivity index (χ3v) is 4.57. The Labute approximate surface area is 142 Å². The molecule has 2 aromatic heterocycles. The van der Waals surface area contributed by atoms with Gasteiger partial charge in [-0.05, 0) is 31.0 Å². The van der Waals surface area contributed by atoms with E-state index in [-0.39, 0.29) is 17.0 Å². The predicted octanol–water partition coefficient (Wildman–Crippen LogP) is 2.33. The van der Waals surface area contributed by atoms with Crippen molar-refractivity contribution >= 4 is 28.8 Å². The van der Waals surface area contributed by atoms with Crippen LogP contribution in [0.25, 0.3) is 11.2 Å². The Morgan fingerprint density at radius 3 is 2.88 bits per heavy atom. The minimum atomic E-state index is -0.306. The molecule has 0 saturated heterocycles. The molecule has 2 heterocycles. The highest BCUT2D eigenvalue weighted by Crippen LogP contribution is 2.25. The first-order valence-electron chi connectivity index (χ1n) is 7.46. The number of rotatable bonds is 6. The van der Waals surface area contributed by atoms with Crippen LogP contribution in [0.3, 0.4) is 0 Å². The molecule has 8 heteroatoms. The maximum absolute atomic E-state index is 12.8. The third kappa shape index (κ3) is 3.88. The average molecular weight is 345 g/mol. The highest BCUT2D eigenvalue weighted by Gasteiger charge is 2.17. The van der Waals surface area contributed by atoms with Gasteiger partial charge in [0, 0.05) is 6.54 Å². The molecule has 1 aromatic carbocycles. The van der Waals surface area contributed by atoms with Crippen LogP contribution in [0.4, 0.5) is 4.39 Å². The van der Waals surface area contributed by atoms with Crippen molar-refractivity contribution in [2.45, 2.75) is 23.6 Å². The lowest BCUT2D eigenvalue weighted by molar-refractivity contribution is -0.120. The summed E-state index contributed by atoms with van der Waals surface area (Å²) in [5.41, 5.74) is 2.29. The van der Waals surface area contributed by atoms with Crippen LogP contribution >= 0.6 is 11.8 Å². The van der Waals surface area contributed by atoms with Crippen molar-refractivity contribution in [2.75, 3.05) is 6.54 Å². The minimum Gasteiger partial charge on any atom is -0.355 e. The van der Waals surface area contributed by atoms with Gasteiger partial charge in [-0.2, -0.15) is 0 Å². The zero-order chi connectivity index (χ0) is 16.9. The molecule has 3 aromatic rings. The fourth-order valence-corrected chi connectivity index (χ4v) is 3.08. The molecule has 0 bridgehead atoms. The average Bonchev–Trinajstić information content (AvgIpc) is 3.06. The van der Waals surface area contributed by atoms with Crippen LogP contribution in [0, 0.1) is 5.82 Å². The Hall–Kier alpha value is -2.48. The summed E-state index contributed by atoms with van der Waals surface area (Å²) in [6, 6.07) is 6.27. The second kappa shape index (κ2) is 7.39. The third-order valence-electron chi connectivity index (χ3n) is 3.47. The molecular formula is C16H16FN5OS. The van der Waals surface area contributed by atoms with Crippen LogP contribution < -0.4 is 5.32 Å². The van der Waals surface area contributed by atoms with Crippen LogP contribution in [0.5, 0.6) is 0 Å². The Morgan fingerprint density at radius 2 is 2.08 bits per heavy atom. The molecule has 1 amide bonds. The van der Waals surface area contributed by atoms with Crippen molar-refractivity contribution in [3.63, 3.8) is 0 Å². The summed E-state index contributed by atoms with van der Waals surface area (Å²) in [5.74, 6) is -0.337. The Bertz CT molecular complexity index is 836. The Balaban J connectivity index is 1.53. The van der Waals surface area contributed by atoms with E-state index in [4.69, 9.17) is 0 Å². The van der Waals surface area contributed by atoms with E-state index in [2.05, 4.69) is 25.3 Å². The smallest absolute Gasteiger partial charge is 0.233 e. The first kappa shape index (κ1) is 16.4. The highest BCUT2D eigenvalue weighted by atomic mass is 32.2. The summed E-state index contributed by atoms with van der Waals surface area (Å²) in [7, 11) is 0. The van der Waals surface area contributed by atoms with E-state index in [0.717, 1.165) is 11.1 Å². The van der Waals surface area contributed by atoms with Crippen molar-refractivity contribution in [3.8, 4) is 0 Å². The van der Waals surface area contributed by atoms with E-state index < -0.39 is 0 Å². The van der Waals surface area contributed by atoms with Crippen molar-refractivity contribution < 1.29 is 9.18 Å². The van der Waals surface area contributed by atoms with Gasteiger partial charge >= 0.3 is 0 Å². The van der Waals surface area contributed by atoms with Gasteiger partial charge in [-0.25, -0.2) is 19.3 Å². The Morgan fingerprint density at radius 1 is 1.29 bits per heavy atom. The van der Waals surface area contributed by atoms with Crippen LogP contribution in [0.2, 0.25) is 0 Å². The predicted molar refractivity (Wildman–Crippen MR) is 90.1 cm³/mol. The number of halogens is 1. The van der Waals surface area contributed by atoms with Crippen molar-refractivity contribution in [3.05, 3.63) is 48.3 Å². The van der Waals surface area contributed by atoms with Gasteiger partial charge in [-0.1, -0.05) is 23.9 Å². The number of carbonyl (C=O) groups excluding carboxylic acids is 1. The number of nitrogens with one attached hydrogen (secondary N) is 2. The van der Waals surface area contributed by atoms with E-state index >= 15 is 0 Å². The lowest BCUT2D eigenvalue weighted by Gasteiger charge is -2.11. The van der Waals surface area contributed by atoms with E-state index in [1.165, 1.54) is 30.2 Å². The molecule has 1 atom stereocenters. The van der Waals surface area contributed by atoms with Gasteiger partial charge in [0.25, 0.3) is 0 Å². The van der Waals surface area contributed by atoms with Crippen LogP contribution in [-0.4, -0.2) is 37.6 Å². The molecule has 124 valence electrons. The van der Waals surface area contributed by atoms with E-state index in [1.807, 2.05) is 6.92 Å². The van der Waals surface area contributed by atoms with Crippen LogP contribution in [-0.2, 0) is 11.2 Å². The van der Waals surface area contributed by atoms with Crippen molar-refractivity contribution in [1.82, 2.24) is 25.3 Å². The molecule has 6 nitrogen and oxygen atoms in total. The van der Waals surface area contributed by atoms with E-state index in [0.29, 0.717) is 23.6 Å². The zero-order valence-electron chi connectivity index (χ0n) is 13.0. The number of thioether (sulfide) groups is 1. The summed E-state index contributed by atoms with van der Waals surface area (Å²) in [4.78, 5) is 27.5. The summed E-state index contributed by atoms with van der Waals surface area (Å²) < 4.78 is 12.8. The molecule has 0 spiro atoms. The lowest BCUT2D eigenvalue weighted by Crippen LogP contribution is -2.32. The fourth-order valence-electron chi connectivity index (χ4n) is 2.18. The minimum absolute atomic E-state index is 0.0756. The van der Waals surface area contributed by atoms with Crippen LogP contribution in [0.1, 0.15) is 12.5 Å². The zero-order valence-corrected chi connectivity index (χ0v) is 13.8. The SMILES string of the molecule is C[C@@H](Sc1ncnc2nc[nH]c12)C(=O)NCCc1ccc(F)cc1. The first-order chi connectivity index (χ1) is 11.6. The molecule has 0 aliphatic rings. The standard InChI is InChI=1S/C16H16FN5OS/c1-10(24-16-13-14(20-8-19-13)21-9-22-16)15(23)18-7-6-11-2-4-12(17)5-3-11/h2-5,8-10H,6-7H2,1H3,(H,18,23)(H,19,20,21,22)/t10-/m1/s1. The summed E-state index contributed by atoms with van der Waals surface area (Å²) in [6.45, 7) is 2.32. The van der Waals surface area contributed by atoms with Gasteiger partial charge in [-0.3, -0.25) is 4.79 Å². The molecule has 2 N–H and O–H groups in total. The maximum Gasteiger partial charge on any atom is 0.233 e. The number of carbonyl (C=O) groups is 1. The summed E-state index contributed by atoms with van der Waals surface area (Å²) >= 11 is 1.35. The van der Waals surface area contributed by atoms with Gasteiger partial charge in [0.2, 0.25) is 5.91 Å². The molecule has 0 aliphatic carbocycles. The first-order valence-corrected chi connectivity index (χ1v) is 8.34. The maximum atomic E-state index is 12.8. The summed E-state index contributed by atoms with van der Waals surface area (Å²) in [6.07, 6.45) is 3.64. The van der Waals surface area contributed by atoms with E-state index in [1.54, 1.807) is 18.5 Å². The number of hydrogen-bond acceptors (Lipinski definition) is 5. The molecule has 0 aliphatic heterocycles. The number of imidazole rings is 1.